The van der Waals surface area contributed by atoms with Gasteiger partial charge in [0.05, 0.1) is 51.8 Å². The third-order valence-electron chi connectivity index (χ3n) is 21.6. The maximum Gasteiger partial charge on any atom is 0.187 e. The summed E-state index contributed by atoms with van der Waals surface area (Å²) in [4.78, 5) is 14.8. The second-order valence-corrected chi connectivity index (χ2v) is 26.1. The molecule has 11 fully saturated rings. The van der Waals surface area contributed by atoms with Crippen LogP contribution in [-0.2, 0) is 61.6 Å². The van der Waals surface area contributed by atoms with Crippen molar-refractivity contribution < 1.29 is 133 Å². The van der Waals surface area contributed by atoms with Crippen LogP contribution < -0.4 is 0 Å². The van der Waals surface area contributed by atoms with Gasteiger partial charge in [-0.1, -0.05) is 27.7 Å². The van der Waals surface area contributed by atoms with Crippen molar-refractivity contribution in [3.63, 3.8) is 0 Å². The third kappa shape index (κ3) is 10.7. The third-order valence-corrected chi connectivity index (χ3v) is 21.6. The molecule has 1 unspecified atom stereocenters. The number of ketones is 1. The molecule has 14 N–H and O–H groups in total. The van der Waals surface area contributed by atoms with Gasteiger partial charge in [0, 0.05) is 30.1 Å². The zero-order chi connectivity index (χ0) is 58.6. The van der Waals surface area contributed by atoms with E-state index in [1.165, 1.54) is 0 Å². The number of fused-ring (bicyclic) bond motifs is 7. The van der Waals surface area contributed by atoms with E-state index in [9.17, 15) is 76.3 Å². The topological polar surface area (TPSA) is 411 Å². The number of hydrogen-bond acceptors (Lipinski definition) is 27. The number of Topliss-reactive ketones (excluding diaryl/α,β-unsaturated/α-hetero) is 1. The van der Waals surface area contributed by atoms with E-state index in [1.54, 1.807) is 0 Å². The van der Waals surface area contributed by atoms with Gasteiger partial charge in [0.25, 0.3) is 0 Å². The average Bonchev–Trinajstić information content (AvgIpc) is 1.54. The van der Waals surface area contributed by atoms with E-state index in [0.29, 0.717) is 43.5 Å². The normalized spacial score (nSPS) is 57.0. The molecule has 7 heterocycles. The van der Waals surface area contributed by atoms with Crippen LogP contribution in [-0.4, -0.2) is 276 Å². The highest BCUT2D eigenvalue weighted by Crippen LogP contribution is 2.70. The molecule has 0 radical (unpaired) electrons. The van der Waals surface area contributed by atoms with Gasteiger partial charge in [0.1, 0.15) is 116 Å². The minimum absolute atomic E-state index is 0.0314. The monoisotopic (exact) mass is 1180 g/mol. The molecule has 0 bridgehead atoms. The minimum atomic E-state index is -2.12. The molecule has 0 amide bonds. The molecule has 0 aromatic heterocycles. The van der Waals surface area contributed by atoms with E-state index < -0.39 is 192 Å². The zero-order valence-corrected chi connectivity index (χ0v) is 46.7. The van der Waals surface area contributed by atoms with Crippen molar-refractivity contribution >= 4 is 5.78 Å². The number of aliphatic hydroxyl groups is 14. The lowest BCUT2D eigenvalue weighted by Crippen LogP contribution is -2.69. The largest absolute Gasteiger partial charge is 0.394 e. The standard InChI is InChI=1S/C55H88O27/c1-20-7-10-55(73-17-20)21(2)34-29(82-55)12-26-24-6-5-22-11-23(8-9-53(22,3)25(24)13-33(61)54(26,34)4)74-50-42(69)39(66)44(32(16-58)77-50)78-52-47(46(38(65)31(15-57)76-52)80-49-41(68)36(63)28(60)19-72-49)81-51-43(70)45(37(64)30(14-56)75-51)79-48-40(67)35(62)27(59)18-71-48/h20-32,34-52,56-60,62-70H,5-19H2,1-4H3/t20?,21-,22-,23-,24+,25-,26-,27+,28+,29-,30+,31+,32+,34-,35-,36-,37+,38+,39+,40+,41+,42+,43+,44-,45-,46-,47+,48-,49-,50+,51-,52-,53-,54+,55+/m0/s1. The maximum absolute atomic E-state index is 14.8. The smallest absolute Gasteiger partial charge is 0.187 e. The summed E-state index contributed by atoms with van der Waals surface area (Å²) in [6, 6.07) is 0. The average molecular weight is 1180 g/mol. The highest BCUT2D eigenvalue weighted by atomic mass is 16.8. The Balaban J connectivity index is 0.785. The summed E-state index contributed by atoms with van der Waals surface area (Å²) in [6.07, 6.45) is -35.3. The summed E-state index contributed by atoms with van der Waals surface area (Å²) < 4.78 is 73.0. The number of carbonyl (C=O) groups is 1. The number of carbonyl (C=O) groups excluding carboxylic acids is 1. The molecule has 27 heteroatoms. The van der Waals surface area contributed by atoms with E-state index in [4.69, 9.17) is 56.8 Å². The molecule has 11 aliphatic rings. The van der Waals surface area contributed by atoms with E-state index in [0.717, 1.165) is 38.5 Å². The van der Waals surface area contributed by atoms with Gasteiger partial charge in [-0.15, -0.1) is 0 Å². The van der Waals surface area contributed by atoms with Crippen molar-refractivity contribution in [2.45, 2.75) is 245 Å². The summed E-state index contributed by atoms with van der Waals surface area (Å²) in [7, 11) is 0. The van der Waals surface area contributed by atoms with Crippen molar-refractivity contribution in [2.24, 2.45) is 52.3 Å². The first-order valence-electron chi connectivity index (χ1n) is 29.6. The fourth-order valence-electron chi connectivity index (χ4n) is 16.8. The Morgan fingerprint density at radius 1 is 0.524 bits per heavy atom. The van der Waals surface area contributed by atoms with Crippen molar-refractivity contribution in [2.75, 3.05) is 39.6 Å². The van der Waals surface area contributed by atoms with Crippen molar-refractivity contribution in [1.82, 2.24) is 0 Å². The van der Waals surface area contributed by atoms with Gasteiger partial charge in [0.2, 0.25) is 0 Å². The molecule has 1 spiro atoms. The van der Waals surface area contributed by atoms with Crippen LogP contribution in [0, 0.1) is 52.3 Å². The van der Waals surface area contributed by atoms with Crippen LogP contribution in [0.15, 0.2) is 0 Å². The predicted octanol–water partition coefficient (Wildman–Crippen LogP) is -4.63. The molecule has 0 aromatic carbocycles. The fourth-order valence-corrected chi connectivity index (χ4v) is 16.8. The molecule has 4 saturated carbocycles. The molecular weight excluding hydrogens is 1090 g/mol. The van der Waals surface area contributed by atoms with E-state index in [1.807, 2.05) is 0 Å². The molecular formula is C55H88O27. The lowest BCUT2D eigenvalue weighted by Gasteiger charge is -2.60. The highest BCUT2D eigenvalue weighted by Gasteiger charge is 2.72. The Hall–Kier alpha value is -1.37. The molecule has 0 aromatic rings. The number of ether oxygens (including phenoxy) is 12. The molecule has 7 aliphatic heterocycles. The molecule has 35 atom stereocenters. The van der Waals surface area contributed by atoms with E-state index >= 15 is 0 Å². The molecule has 470 valence electrons. The first-order chi connectivity index (χ1) is 39.0. The molecule has 11 rings (SSSR count). The van der Waals surface area contributed by atoms with Crippen molar-refractivity contribution in [3.8, 4) is 0 Å². The van der Waals surface area contributed by atoms with Gasteiger partial charge in [-0.05, 0) is 80.0 Å². The van der Waals surface area contributed by atoms with Crippen molar-refractivity contribution in [1.29, 1.82) is 0 Å². The van der Waals surface area contributed by atoms with Gasteiger partial charge < -0.3 is 128 Å². The van der Waals surface area contributed by atoms with E-state index in [-0.39, 0.29) is 41.1 Å². The summed E-state index contributed by atoms with van der Waals surface area (Å²) in [5.41, 5.74) is -0.682. The van der Waals surface area contributed by atoms with Crippen LogP contribution in [0.2, 0.25) is 0 Å². The number of hydrogen-bond donors (Lipinski definition) is 14. The Kier molecular flexibility index (Phi) is 18.4. The Labute approximate surface area is 474 Å². The molecule has 82 heavy (non-hydrogen) atoms. The van der Waals surface area contributed by atoms with Gasteiger partial charge in [-0.2, -0.15) is 0 Å². The van der Waals surface area contributed by atoms with E-state index in [2.05, 4.69) is 27.7 Å². The predicted molar refractivity (Wildman–Crippen MR) is 269 cm³/mol. The SMILES string of the molecule is CC1CC[C@@]2(OC1)O[C@H]1C[C@H]3[C@@H]4CC[C@H]5C[C@@H](O[C@@H]6O[C@H](CO)[C@H](O[C@@H]7O[C@H](CO)[C@@H](O)[C@H](O[C@@H]8OC[C@@H](O)[C@H](O)[C@H]8O)[C@H]7O[C@@H]7O[C@H](CO)[C@@H](O)[C@H](O[C@@H]8OC[C@@H](O)[C@H](O)[C@H]8O)[C@H]7O)[C@H](O)[C@H]6O)CC[C@]5(C)[C@H]4CC(=O)[C@]3(C)[C@H]1[C@@H]2C. The van der Waals surface area contributed by atoms with Gasteiger partial charge in [0.15, 0.2) is 37.2 Å². The first kappa shape index (κ1) is 62.2. The lowest BCUT2D eigenvalue weighted by atomic mass is 9.44. The molecule has 7 saturated heterocycles. The second kappa shape index (κ2) is 24.2. The van der Waals surface area contributed by atoms with Crippen LogP contribution in [0.5, 0.6) is 0 Å². The van der Waals surface area contributed by atoms with Crippen LogP contribution in [0.25, 0.3) is 0 Å². The quantitative estimate of drug-likeness (QED) is 0.0772. The maximum atomic E-state index is 14.8. The summed E-state index contributed by atoms with van der Waals surface area (Å²) in [6.45, 7) is 5.75. The summed E-state index contributed by atoms with van der Waals surface area (Å²) >= 11 is 0. The van der Waals surface area contributed by atoms with Crippen LogP contribution in [0.3, 0.4) is 0 Å². The van der Waals surface area contributed by atoms with Crippen LogP contribution in [0.4, 0.5) is 0 Å². The van der Waals surface area contributed by atoms with Crippen molar-refractivity contribution in [3.05, 3.63) is 0 Å². The lowest BCUT2D eigenvalue weighted by molar-refractivity contribution is -0.408. The van der Waals surface area contributed by atoms with Crippen LogP contribution in [0.1, 0.15) is 85.5 Å². The Bertz CT molecular complexity index is 2180. The Morgan fingerprint density at radius 2 is 1.09 bits per heavy atom. The molecule has 27 nitrogen and oxygen atoms in total. The fraction of sp³-hybridized carbons (Fsp3) is 0.982. The molecule has 4 aliphatic carbocycles. The highest BCUT2D eigenvalue weighted by molar-refractivity contribution is 5.87. The summed E-state index contributed by atoms with van der Waals surface area (Å²) in [5, 5.41) is 153. The van der Waals surface area contributed by atoms with Gasteiger partial charge in [-0.25, -0.2) is 0 Å². The van der Waals surface area contributed by atoms with Gasteiger partial charge >= 0.3 is 0 Å². The second-order valence-electron chi connectivity index (χ2n) is 26.1. The number of aliphatic hydroxyl groups excluding tert-OH is 14. The first-order valence-corrected chi connectivity index (χ1v) is 29.6. The minimum Gasteiger partial charge on any atom is -0.394 e. The zero-order valence-electron chi connectivity index (χ0n) is 46.7. The van der Waals surface area contributed by atoms with Gasteiger partial charge in [-0.3, -0.25) is 4.79 Å². The summed E-state index contributed by atoms with van der Waals surface area (Å²) in [5.74, 6) is 1.21. The Morgan fingerprint density at radius 3 is 1.71 bits per heavy atom. The number of rotatable bonds is 13. The van der Waals surface area contributed by atoms with Crippen LogP contribution >= 0.6 is 0 Å².